The minimum atomic E-state index is 0.160. The minimum Gasteiger partial charge on any atom is -0.341 e. The number of fused-ring (bicyclic) bond motifs is 1. The average molecular weight is 220 g/mol. The molecule has 0 spiro atoms. The van der Waals surface area contributed by atoms with Crippen molar-refractivity contribution < 1.29 is 4.79 Å². The lowest BCUT2D eigenvalue weighted by molar-refractivity contribution is 0.0749. The highest BCUT2D eigenvalue weighted by atomic mass is 16.2. The monoisotopic (exact) mass is 220 g/mol. The number of rotatable bonds is 4. The number of carbonyl (C=O) groups is 1. The summed E-state index contributed by atoms with van der Waals surface area (Å²) in [6.07, 6.45) is 6.99. The maximum Gasteiger partial charge on any atom is 0.270 e. The van der Waals surface area contributed by atoms with Gasteiger partial charge in [0.25, 0.3) is 5.91 Å². The molecule has 3 heteroatoms. The molecule has 0 unspecified atom stereocenters. The van der Waals surface area contributed by atoms with Crippen LogP contribution >= 0.6 is 0 Å². The van der Waals surface area contributed by atoms with Gasteiger partial charge in [0, 0.05) is 26.3 Å². The van der Waals surface area contributed by atoms with Crippen LogP contribution < -0.4 is 0 Å². The molecule has 3 nitrogen and oxygen atoms in total. The SMILES string of the molecule is CCCCCc1cc2n(c1)CCN(C)C2=O. The Labute approximate surface area is 97.1 Å². The summed E-state index contributed by atoms with van der Waals surface area (Å²) in [6, 6.07) is 2.06. The van der Waals surface area contributed by atoms with Crippen LogP contribution in [0.3, 0.4) is 0 Å². The van der Waals surface area contributed by atoms with Gasteiger partial charge in [-0.05, 0) is 24.5 Å². The van der Waals surface area contributed by atoms with Gasteiger partial charge in [-0.2, -0.15) is 0 Å². The molecule has 0 aliphatic carbocycles. The van der Waals surface area contributed by atoms with Gasteiger partial charge in [-0.15, -0.1) is 0 Å². The largest absolute Gasteiger partial charge is 0.341 e. The Morgan fingerprint density at radius 1 is 1.31 bits per heavy atom. The first-order valence-corrected chi connectivity index (χ1v) is 6.17. The van der Waals surface area contributed by atoms with Crippen LogP contribution in [0.4, 0.5) is 0 Å². The Morgan fingerprint density at radius 3 is 2.88 bits per heavy atom. The van der Waals surface area contributed by atoms with Crippen LogP contribution in [0.15, 0.2) is 12.3 Å². The molecule has 0 aromatic carbocycles. The highest BCUT2D eigenvalue weighted by Gasteiger charge is 2.21. The standard InChI is InChI=1S/C13H20N2O/c1-3-4-5-6-11-9-12-13(16)14(2)7-8-15(12)10-11/h9-10H,3-8H2,1-2H3. The number of amides is 1. The molecule has 0 saturated heterocycles. The summed E-state index contributed by atoms with van der Waals surface area (Å²) in [4.78, 5) is 13.7. The topological polar surface area (TPSA) is 25.2 Å². The average Bonchev–Trinajstić information content (AvgIpc) is 2.68. The van der Waals surface area contributed by atoms with E-state index in [1.165, 1.54) is 24.8 Å². The number of aromatic nitrogens is 1. The molecule has 16 heavy (non-hydrogen) atoms. The zero-order chi connectivity index (χ0) is 11.5. The fourth-order valence-corrected chi connectivity index (χ4v) is 2.21. The van der Waals surface area contributed by atoms with Crippen molar-refractivity contribution in [1.82, 2.24) is 9.47 Å². The third-order valence-electron chi connectivity index (χ3n) is 3.26. The molecule has 0 saturated carbocycles. The summed E-state index contributed by atoms with van der Waals surface area (Å²) < 4.78 is 2.10. The van der Waals surface area contributed by atoms with Gasteiger partial charge in [0.05, 0.1) is 0 Å². The summed E-state index contributed by atoms with van der Waals surface area (Å²) in [5, 5.41) is 0. The first-order valence-electron chi connectivity index (χ1n) is 6.17. The van der Waals surface area contributed by atoms with E-state index in [1.54, 1.807) is 4.90 Å². The molecule has 0 bridgehead atoms. The van der Waals surface area contributed by atoms with E-state index in [4.69, 9.17) is 0 Å². The first-order chi connectivity index (χ1) is 7.72. The number of nitrogens with zero attached hydrogens (tertiary/aromatic N) is 2. The van der Waals surface area contributed by atoms with Gasteiger partial charge in [0.2, 0.25) is 0 Å². The third-order valence-corrected chi connectivity index (χ3v) is 3.26. The lowest BCUT2D eigenvalue weighted by Gasteiger charge is -2.24. The van der Waals surface area contributed by atoms with Crippen molar-refractivity contribution >= 4 is 5.91 Å². The van der Waals surface area contributed by atoms with Crippen molar-refractivity contribution in [2.24, 2.45) is 0 Å². The molecule has 1 aromatic rings. The molecule has 2 rings (SSSR count). The molecule has 0 N–H and O–H groups in total. The molecule has 2 heterocycles. The van der Waals surface area contributed by atoms with Crippen molar-refractivity contribution in [2.75, 3.05) is 13.6 Å². The Hall–Kier alpha value is -1.25. The van der Waals surface area contributed by atoms with Crippen LogP contribution in [0.5, 0.6) is 0 Å². The highest BCUT2D eigenvalue weighted by molar-refractivity contribution is 5.93. The van der Waals surface area contributed by atoms with Crippen LogP contribution in [-0.4, -0.2) is 29.0 Å². The second-order valence-electron chi connectivity index (χ2n) is 4.61. The predicted octanol–water partition coefficient (Wildman–Crippen LogP) is 2.31. The van der Waals surface area contributed by atoms with Gasteiger partial charge in [0.15, 0.2) is 0 Å². The van der Waals surface area contributed by atoms with E-state index in [2.05, 4.69) is 23.8 Å². The molecular formula is C13H20N2O. The van der Waals surface area contributed by atoms with Gasteiger partial charge < -0.3 is 9.47 Å². The van der Waals surface area contributed by atoms with Gasteiger partial charge in [-0.1, -0.05) is 19.8 Å². The van der Waals surface area contributed by atoms with E-state index in [9.17, 15) is 4.79 Å². The molecule has 1 aliphatic rings. The molecule has 0 radical (unpaired) electrons. The van der Waals surface area contributed by atoms with E-state index < -0.39 is 0 Å². The summed E-state index contributed by atoms with van der Waals surface area (Å²) >= 11 is 0. The Morgan fingerprint density at radius 2 is 2.12 bits per heavy atom. The number of carbonyl (C=O) groups excluding carboxylic acids is 1. The third kappa shape index (κ3) is 2.13. The lowest BCUT2D eigenvalue weighted by Crippen LogP contribution is -2.36. The fourth-order valence-electron chi connectivity index (χ4n) is 2.21. The smallest absolute Gasteiger partial charge is 0.270 e. The molecule has 0 fully saturated rings. The number of hydrogen-bond acceptors (Lipinski definition) is 1. The molecule has 88 valence electrons. The zero-order valence-electron chi connectivity index (χ0n) is 10.2. The van der Waals surface area contributed by atoms with E-state index in [1.807, 2.05) is 7.05 Å². The maximum atomic E-state index is 11.9. The maximum absolute atomic E-state index is 11.9. The predicted molar refractivity (Wildman–Crippen MR) is 64.6 cm³/mol. The van der Waals surface area contributed by atoms with Crippen molar-refractivity contribution in [1.29, 1.82) is 0 Å². The van der Waals surface area contributed by atoms with Crippen molar-refractivity contribution in [3.63, 3.8) is 0 Å². The van der Waals surface area contributed by atoms with Crippen LogP contribution in [-0.2, 0) is 13.0 Å². The van der Waals surface area contributed by atoms with Crippen molar-refractivity contribution in [3.8, 4) is 0 Å². The van der Waals surface area contributed by atoms with Crippen molar-refractivity contribution in [2.45, 2.75) is 39.2 Å². The minimum absolute atomic E-state index is 0.160. The summed E-state index contributed by atoms with van der Waals surface area (Å²) in [5.74, 6) is 0.160. The molecule has 1 aliphatic heterocycles. The number of likely N-dealkylation sites (N-methyl/N-ethyl adjacent to an activating group) is 1. The first kappa shape index (κ1) is 11.2. The van der Waals surface area contributed by atoms with E-state index in [-0.39, 0.29) is 5.91 Å². The number of hydrogen-bond donors (Lipinski definition) is 0. The molecule has 1 aromatic heterocycles. The normalized spacial score (nSPS) is 15.4. The fraction of sp³-hybridized carbons (Fsp3) is 0.615. The van der Waals surface area contributed by atoms with E-state index in [0.29, 0.717) is 0 Å². The van der Waals surface area contributed by atoms with Gasteiger partial charge in [-0.25, -0.2) is 0 Å². The zero-order valence-corrected chi connectivity index (χ0v) is 10.2. The van der Waals surface area contributed by atoms with Gasteiger partial charge in [-0.3, -0.25) is 4.79 Å². The number of aryl methyl sites for hydroxylation is 1. The van der Waals surface area contributed by atoms with Crippen LogP contribution in [0.1, 0.15) is 42.2 Å². The van der Waals surface area contributed by atoms with Crippen molar-refractivity contribution in [3.05, 3.63) is 23.5 Å². The second-order valence-corrected chi connectivity index (χ2v) is 4.61. The summed E-state index contributed by atoms with van der Waals surface area (Å²) in [5.41, 5.74) is 2.17. The van der Waals surface area contributed by atoms with Gasteiger partial charge in [0.1, 0.15) is 5.69 Å². The Balaban J connectivity index is 2.08. The van der Waals surface area contributed by atoms with Crippen LogP contribution in [0.25, 0.3) is 0 Å². The highest BCUT2D eigenvalue weighted by Crippen LogP contribution is 2.17. The summed E-state index contributed by atoms with van der Waals surface area (Å²) in [6.45, 7) is 3.98. The lowest BCUT2D eigenvalue weighted by atomic mass is 10.1. The molecule has 1 amide bonds. The summed E-state index contributed by atoms with van der Waals surface area (Å²) in [7, 11) is 1.87. The van der Waals surface area contributed by atoms with E-state index in [0.717, 1.165) is 25.2 Å². The Bertz CT molecular complexity index is 381. The Kier molecular flexibility index (Phi) is 3.32. The number of unbranched alkanes of at least 4 members (excludes halogenated alkanes) is 2. The second kappa shape index (κ2) is 4.73. The van der Waals surface area contributed by atoms with Crippen LogP contribution in [0.2, 0.25) is 0 Å². The van der Waals surface area contributed by atoms with Gasteiger partial charge >= 0.3 is 0 Å². The van der Waals surface area contributed by atoms with Crippen LogP contribution in [0, 0.1) is 0 Å². The molecule has 0 atom stereocenters. The quantitative estimate of drug-likeness (QED) is 0.715. The molecular weight excluding hydrogens is 200 g/mol. The van der Waals surface area contributed by atoms with E-state index >= 15 is 0 Å².